The van der Waals surface area contributed by atoms with Crippen LogP contribution in [-0.4, -0.2) is 50.8 Å². The maximum atomic E-state index is 5.62. The van der Waals surface area contributed by atoms with E-state index in [4.69, 9.17) is 9.47 Å². The summed E-state index contributed by atoms with van der Waals surface area (Å²) in [6, 6.07) is 6.91. The number of fused-ring (bicyclic) bond motifs is 1. The van der Waals surface area contributed by atoms with E-state index in [1.54, 1.807) is 0 Å². The van der Waals surface area contributed by atoms with Crippen LogP contribution in [0.15, 0.2) is 18.2 Å². The highest BCUT2D eigenvalue weighted by Gasteiger charge is 2.17. The van der Waals surface area contributed by atoms with E-state index in [1.807, 2.05) is 6.07 Å². The van der Waals surface area contributed by atoms with Gasteiger partial charge < -0.3 is 19.7 Å². The Bertz CT molecular complexity index is 436. The van der Waals surface area contributed by atoms with E-state index in [9.17, 15) is 0 Å². The lowest BCUT2D eigenvalue weighted by Gasteiger charge is -2.31. The van der Waals surface area contributed by atoms with Crippen LogP contribution < -0.4 is 14.8 Å². The molecule has 104 valence electrons. The molecule has 2 aliphatic rings. The maximum absolute atomic E-state index is 5.62. The predicted molar refractivity (Wildman–Crippen MR) is 75.0 cm³/mol. The van der Waals surface area contributed by atoms with E-state index in [1.165, 1.54) is 12.0 Å². The molecule has 1 saturated heterocycles. The first-order valence-electron chi connectivity index (χ1n) is 7.12. The van der Waals surface area contributed by atoms with Gasteiger partial charge >= 0.3 is 0 Å². The number of rotatable bonds is 3. The average Bonchev–Trinajstić information content (AvgIpc) is 2.45. The molecule has 0 aromatic heterocycles. The first kappa shape index (κ1) is 12.8. The van der Waals surface area contributed by atoms with Gasteiger partial charge in [0.25, 0.3) is 0 Å². The first-order valence-corrected chi connectivity index (χ1v) is 7.12. The molecular formula is C15H22N2O2. The van der Waals surface area contributed by atoms with E-state index in [0.717, 1.165) is 37.6 Å². The third-order valence-corrected chi connectivity index (χ3v) is 3.85. The van der Waals surface area contributed by atoms with Gasteiger partial charge in [-0.1, -0.05) is 6.07 Å². The molecule has 4 nitrogen and oxygen atoms in total. The van der Waals surface area contributed by atoms with Crippen molar-refractivity contribution in [1.82, 2.24) is 10.2 Å². The van der Waals surface area contributed by atoms with Crippen molar-refractivity contribution in [3.05, 3.63) is 23.8 Å². The Hall–Kier alpha value is -1.26. The summed E-state index contributed by atoms with van der Waals surface area (Å²) in [5.41, 5.74) is 1.33. The lowest BCUT2D eigenvalue weighted by atomic mass is 10.0. The maximum Gasteiger partial charge on any atom is 0.161 e. The van der Waals surface area contributed by atoms with Gasteiger partial charge in [-0.25, -0.2) is 0 Å². The van der Waals surface area contributed by atoms with Crippen molar-refractivity contribution in [2.75, 3.05) is 39.9 Å². The number of piperazine rings is 1. The molecule has 1 unspecified atom stereocenters. The fourth-order valence-electron chi connectivity index (χ4n) is 2.77. The summed E-state index contributed by atoms with van der Waals surface area (Å²) >= 11 is 0. The first-order chi connectivity index (χ1) is 9.31. The monoisotopic (exact) mass is 262 g/mol. The van der Waals surface area contributed by atoms with Crippen LogP contribution in [0, 0.1) is 0 Å². The van der Waals surface area contributed by atoms with Gasteiger partial charge in [-0.15, -0.1) is 0 Å². The van der Waals surface area contributed by atoms with Crippen LogP contribution in [0.1, 0.15) is 12.0 Å². The molecule has 0 spiro atoms. The third-order valence-electron chi connectivity index (χ3n) is 3.85. The van der Waals surface area contributed by atoms with Crippen molar-refractivity contribution < 1.29 is 9.47 Å². The normalized spacial score (nSPS) is 23.3. The molecule has 19 heavy (non-hydrogen) atoms. The number of hydrogen-bond donors (Lipinski definition) is 1. The standard InChI is InChI=1S/C15H22N2O2/c1-17-7-6-16-13(11-17)4-2-12-3-5-14-15(10-12)19-9-8-18-14/h3,5,10,13,16H,2,4,6-9,11H2,1H3. The number of likely N-dealkylation sites (N-methyl/N-ethyl adjacent to an activating group) is 1. The molecular weight excluding hydrogens is 240 g/mol. The highest BCUT2D eigenvalue weighted by molar-refractivity contribution is 5.43. The summed E-state index contributed by atoms with van der Waals surface area (Å²) in [6.45, 7) is 4.71. The molecule has 1 atom stereocenters. The Morgan fingerprint density at radius 1 is 1.26 bits per heavy atom. The summed E-state index contributed by atoms with van der Waals surface area (Å²) < 4.78 is 11.2. The van der Waals surface area contributed by atoms with Crippen LogP contribution in [0.5, 0.6) is 11.5 Å². The van der Waals surface area contributed by atoms with Gasteiger partial charge in [0.05, 0.1) is 0 Å². The second-order valence-corrected chi connectivity index (χ2v) is 5.43. The van der Waals surface area contributed by atoms with Gasteiger partial charge in [-0.2, -0.15) is 0 Å². The van der Waals surface area contributed by atoms with Crippen LogP contribution in [0.4, 0.5) is 0 Å². The molecule has 1 fully saturated rings. The van der Waals surface area contributed by atoms with Crippen LogP contribution in [0.3, 0.4) is 0 Å². The summed E-state index contributed by atoms with van der Waals surface area (Å²) in [6.07, 6.45) is 2.26. The van der Waals surface area contributed by atoms with Crippen molar-refractivity contribution in [1.29, 1.82) is 0 Å². The lowest BCUT2D eigenvalue weighted by molar-refractivity contribution is 0.171. The summed E-state index contributed by atoms with van der Waals surface area (Å²) in [7, 11) is 2.19. The molecule has 1 N–H and O–H groups in total. The van der Waals surface area contributed by atoms with Gasteiger partial charge in [0.1, 0.15) is 13.2 Å². The Balaban J connectivity index is 1.57. The van der Waals surface area contributed by atoms with Crippen molar-refractivity contribution in [3.63, 3.8) is 0 Å². The van der Waals surface area contributed by atoms with Crippen molar-refractivity contribution in [2.24, 2.45) is 0 Å². The zero-order chi connectivity index (χ0) is 13.1. The SMILES string of the molecule is CN1CCNC(CCc2ccc3c(c2)OCCO3)C1. The minimum absolute atomic E-state index is 0.604. The number of nitrogens with zero attached hydrogens (tertiary/aromatic N) is 1. The second kappa shape index (κ2) is 5.80. The fourth-order valence-corrected chi connectivity index (χ4v) is 2.77. The Kier molecular flexibility index (Phi) is 3.89. The molecule has 0 aliphatic carbocycles. The number of aryl methyl sites for hydroxylation is 1. The number of benzene rings is 1. The highest BCUT2D eigenvalue weighted by Crippen LogP contribution is 2.31. The second-order valence-electron chi connectivity index (χ2n) is 5.43. The molecule has 0 bridgehead atoms. The van der Waals surface area contributed by atoms with Gasteiger partial charge in [0, 0.05) is 25.7 Å². The molecule has 0 radical (unpaired) electrons. The van der Waals surface area contributed by atoms with Gasteiger partial charge in [-0.3, -0.25) is 0 Å². The topological polar surface area (TPSA) is 33.7 Å². The lowest BCUT2D eigenvalue weighted by Crippen LogP contribution is -2.49. The minimum Gasteiger partial charge on any atom is -0.486 e. The quantitative estimate of drug-likeness (QED) is 0.890. The average molecular weight is 262 g/mol. The Morgan fingerprint density at radius 2 is 2.11 bits per heavy atom. The van der Waals surface area contributed by atoms with Crippen molar-refractivity contribution >= 4 is 0 Å². The Morgan fingerprint density at radius 3 is 2.95 bits per heavy atom. The minimum atomic E-state index is 0.604. The molecule has 0 amide bonds. The van der Waals surface area contributed by atoms with E-state index in [0.29, 0.717) is 19.3 Å². The molecule has 4 heteroatoms. The van der Waals surface area contributed by atoms with Crippen LogP contribution in [-0.2, 0) is 6.42 Å². The van der Waals surface area contributed by atoms with E-state index in [2.05, 4.69) is 29.4 Å². The van der Waals surface area contributed by atoms with Gasteiger partial charge in [-0.05, 0) is 37.6 Å². The fraction of sp³-hybridized carbons (Fsp3) is 0.600. The molecule has 1 aromatic rings. The zero-order valence-electron chi connectivity index (χ0n) is 11.5. The van der Waals surface area contributed by atoms with E-state index < -0.39 is 0 Å². The molecule has 3 rings (SSSR count). The summed E-state index contributed by atoms with van der Waals surface area (Å²) in [4.78, 5) is 2.39. The molecule has 2 aliphatic heterocycles. The number of hydrogen-bond acceptors (Lipinski definition) is 4. The largest absolute Gasteiger partial charge is 0.486 e. The number of nitrogens with one attached hydrogen (secondary N) is 1. The van der Waals surface area contributed by atoms with E-state index in [-0.39, 0.29) is 0 Å². The molecule has 2 heterocycles. The van der Waals surface area contributed by atoms with Crippen LogP contribution in [0.25, 0.3) is 0 Å². The van der Waals surface area contributed by atoms with Gasteiger partial charge in [0.15, 0.2) is 11.5 Å². The zero-order valence-corrected chi connectivity index (χ0v) is 11.5. The van der Waals surface area contributed by atoms with Crippen molar-refractivity contribution in [2.45, 2.75) is 18.9 Å². The van der Waals surface area contributed by atoms with Crippen LogP contribution in [0.2, 0.25) is 0 Å². The van der Waals surface area contributed by atoms with Crippen molar-refractivity contribution in [3.8, 4) is 11.5 Å². The summed E-state index contributed by atoms with van der Waals surface area (Å²) in [5.74, 6) is 1.78. The van der Waals surface area contributed by atoms with Crippen LogP contribution >= 0.6 is 0 Å². The predicted octanol–water partition coefficient (Wildman–Crippen LogP) is 1.29. The molecule has 0 saturated carbocycles. The number of ether oxygens (including phenoxy) is 2. The third kappa shape index (κ3) is 3.19. The van der Waals surface area contributed by atoms with E-state index >= 15 is 0 Å². The molecule has 1 aromatic carbocycles. The summed E-state index contributed by atoms with van der Waals surface area (Å²) in [5, 5.41) is 3.58. The smallest absolute Gasteiger partial charge is 0.161 e. The van der Waals surface area contributed by atoms with Gasteiger partial charge in [0.2, 0.25) is 0 Å². The Labute approximate surface area is 114 Å². The highest BCUT2D eigenvalue weighted by atomic mass is 16.6.